The highest BCUT2D eigenvalue weighted by molar-refractivity contribution is 5.91. The lowest BCUT2D eigenvalue weighted by Crippen LogP contribution is -2.26. The van der Waals surface area contributed by atoms with Gasteiger partial charge in [-0.25, -0.2) is 4.98 Å². The molecule has 3 heteroatoms. The van der Waals surface area contributed by atoms with Crippen LogP contribution >= 0.6 is 0 Å². The summed E-state index contributed by atoms with van der Waals surface area (Å²) in [5.74, 6) is 1.74. The average Bonchev–Trinajstić information content (AvgIpc) is 2.31. The lowest BCUT2D eigenvalue weighted by molar-refractivity contribution is -0.121. The summed E-state index contributed by atoms with van der Waals surface area (Å²) in [6.07, 6.45) is 6.05. The van der Waals surface area contributed by atoms with E-state index in [9.17, 15) is 4.79 Å². The molecule has 16 heavy (non-hydrogen) atoms. The van der Waals surface area contributed by atoms with Crippen LogP contribution in [0.25, 0.3) is 0 Å². The first kappa shape index (κ1) is 11.1. The molecule has 1 aliphatic rings. The molecule has 1 aromatic rings. The van der Waals surface area contributed by atoms with E-state index in [1.54, 1.807) is 6.20 Å². The summed E-state index contributed by atoms with van der Waals surface area (Å²) in [7, 11) is 0. The maximum Gasteiger partial charge on any atom is 0.228 e. The van der Waals surface area contributed by atoms with Crippen molar-refractivity contribution in [1.29, 1.82) is 0 Å². The number of amides is 1. The molecule has 1 fully saturated rings. The first-order chi connectivity index (χ1) is 7.75. The number of pyridine rings is 1. The van der Waals surface area contributed by atoms with Gasteiger partial charge in [0.25, 0.3) is 0 Å². The number of nitrogens with zero attached hydrogens (tertiary/aromatic N) is 1. The predicted molar refractivity (Wildman–Crippen MR) is 64.0 cm³/mol. The summed E-state index contributed by atoms with van der Waals surface area (Å²) in [5, 5.41) is 2.88. The SMILES string of the molecule is CC1CCC(C(=O)Nc2ccccn2)CC1. The van der Waals surface area contributed by atoms with Crippen molar-refractivity contribution in [3.8, 4) is 0 Å². The minimum atomic E-state index is 0.130. The Kier molecular flexibility index (Phi) is 3.54. The molecule has 0 unspecified atom stereocenters. The van der Waals surface area contributed by atoms with E-state index in [0.717, 1.165) is 18.8 Å². The number of nitrogens with one attached hydrogen (secondary N) is 1. The summed E-state index contributed by atoms with van der Waals surface area (Å²) in [6.45, 7) is 2.26. The molecular weight excluding hydrogens is 200 g/mol. The highest BCUT2D eigenvalue weighted by atomic mass is 16.1. The Morgan fingerprint density at radius 2 is 2.06 bits per heavy atom. The Bertz CT molecular complexity index is 342. The molecule has 1 aliphatic carbocycles. The molecule has 2 rings (SSSR count). The molecule has 0 saturated heterocycles. The van der Waals surface area contributed by atoms with Crippen LogP contribution < -0.4 is 5.32 Å². The number of hydrogen-bond donors (Lipinski definition) is 1. The summed E-state index contributed by atoms with van der Waals surface area (Å²) in [5.41, 5.74) is 0. The molecule has 1 heterocycles. The molecule has 1 amide bonds. The van der Waals surface area contributed by atoms with Crippen molar-refractivity contribution in [3.63, 3.8) is 0 Å². The van der Waals surface area contributed by atoms with Gasteiger partial charge in [-0.2, -0.15) is 0 Å². The van der Waals surface area contributed by atoms with Crippen molar-refractivity contribution in [1.82, 2.24) is 4.98 Å². The average molecular weight is 218 g/mol. The molecule has 1 saturated carbocycles. The highest BCUT2D eigenvalue weighted by Crippen LogP contribution is 2.28. The maximum atomic E-state index is 11.9. The second-order valence-electron chi connectivity index (χ2n) is 4.66. The number of aromatic nitrogens is 1. The van der Waals surface area contributed by atoms with Crippen molar-refractivity contribution in [3.05, 3.63) is 24.4 Å². The third-order valence-electron chi connectivity index (χ3n) is 3.30. The number of rotatable bonds is 2. The van der Waals surface area contributed by atoms with Gasteiger partial charge < -0.3 is 5.32 Å². The van der Waals surface area contributed by atoms with Gasteiger partial charge in [0.2, 0.25) is 5.91 Å². The van der Waals surface area contributed by atoms with Gasteiger partial charge in [0.05, 0.1) is 0 Å². The van der Waals surface area contributed by atoms with Crippen LogP contribution in [0.3, 0.4) is 0 Å². The molecule has 0 aliphatic heterocycles. The molecular formula is C13H18N2O. The number of carbonyl (C=O) groups excluding carboxylic acids is 1. The molecule has 0 radical (unpaired) electrons. The Balaban J connectivity index is 1.89. The molecule has 0 atom stereocenters. The van der Waals surface area contributed by atoms with Crippen LogP contribution in [0, 0.1) is 11.8 Å². The van der Waals surface area contributed by atoms with E-state index >= 15 is 0 Å². The van der Waals surface area contributed by atoms with Crippen molar-refractivity contribution in [2.45, 2.75) is 32.6 Å². The Hall–Kier alpha value is -1.38. The van der Waals surface area contributed by atoms with Gasteiger partial charge in [-0.15, -0.1) is 0 Å². The number of anilines is 1. The largest absolute Gasteiger partial charge is 0.310 e. The minimum Gasteiger partial charge on any atom is -0.310 e. The van der Waals surface area contributed by atoms with Crippen LogP contribution in [0.4, 0.5) is 5.82 Å². The quantitative estimate of drug-likeness (QED) is 0.829. The van der Waals surface area contributed by atoms with Crippen molar-refractivity contribution >= 4 is 11.7 Å². The first-order valence-electron chi connectivity index (χ1n) is 5.97. The van der Waals surface area contributed by atoms with Crippen LogP contribution in [0.15, 0.2) is 24.4 Å². The van der Waals surface area contributed by atoms with E-state index in [1.807, 2.05) is 18.2 Å². The van der Waals surface area contributed by atoms with Gasteiger partial charge in [-0.3, -0.25) is 4.79 Å². The summed E-state index contributed by atoms with van der Waals surface area (Å²) >= 11 is 0. The molecule has 0 bridgehead atoms. The lowest BCUT2D eigenvalue weighted by atomic mass is 9.82. The van der Waals surface area contributed by atoms with Gasteiger partial charge in [0.1, 0.15) is 5.82 Å². The van der Waals surface area contributed by atoms with Crippen LogP contribution in [0.2, 0.25) is 0 Å². The maximum absolute atomic E-state index is 11.9. The summed E-state index contributed by atoms with van der Waals surface area (Å²) in [6, 6.07) is 5.55. The molecule has 1 N–H and O–H groups in total. The first-order valence-corrected chi connectivity index (χ1v) is 5.97. The highest BCUT2D eigenvalue weighted by Gasteiger charge is 2.24. The van der Waals surface area contributed by atoms with E-state index in [-0.39, 0.29) is 11.8 Å². The molecule has 86 valence electrons. The lowest BCUT2D eigenvalue weighted by Gasteiger charge is -2.24. The fourth-order valence-electron chi connectivity index (χ4n) is 2.19. The zero-order chi connectivity index (χ0) is 11.4. The van der Waals surface area contributed by atoms with Gasteiger partial charge >= 0.3 is 0 Å². The van der Waals surface area contributed by atoms with Crippen LogP contribution in [0.5, 0.6) is 0 Å². The van der Waals surface area contributed by atoms with E-state index in [4.69, 9.17) is 0 Å². The minimum absolute atomic E-state index is 0.130. The van der Waals surface area contributed by atoms with Crippen molar-refractivity contribution in [2.75, 3.05) is 5.32 Å². The third-order valence-corrected chi connectivity index (χ3v) is 3.30. The van der Waals surface area contributed by atoms with E-state index < -0.39 is 0 Å². The zero-order valence-corrected chi connectivity index (χ0v) is 9.65. The van der Waals surface area contributed by atoms with Gasteiger partial charge in [-0.1, -0.05) is 13.0 Å². The predicted octanol–water partition coefficient (Wildman–Crippen LogP) is 2.85. The fourth-order valence-corrected chi connectivity index (χ4v) is 2.19. The Morgan fingerprint density at radius 1 is 1.31 bits per heavy atom. The van der Waals surface area contributed by atoms with E-state index in [0.29, 0.717) is 5.82 Å². The van der Waals surface area contributed by atoms with Crippen LogP contribution in [0.1, 0.15) is 32.6 Å². The Labute approximate surface area is 96.3 Å². The topological polar surface area (TPSA) is 42.0 Å². The zero-order valence-electron chi connectivity index (χ0n) is 9.65. The molecule has 1 aromatic heterocycles. The van der Waals surface area contributed by atoms with Gasteiger partial charge in [0, 0.05) is 12.1 Å². The fraction of sp³-hybridized carbons (Fsp3) is 0.538. The smallest absolute Gasteiger partial charge is 0.228 e. The second-order valence-corrected chi connectivity index (χ2v) is 4.66. The van der Waals surface area contributed by atoms with E-state index in [1.165, 1.54) is 12.8 Å². The molecule has 0 aromatic carbocycles. The molecule has 3 nitrogen and oxygen atoms in total. The number of carbonyl (C=O) groups is 1. The molecule has 0 spiro atoms. The van der Waals surface area contributed by atoms with Crippen molar-refractivity contribution < 1.29 is 4.79 Å². The van der Waals surface area contributed by atoms with Gasteiger partial charge in [-0.05, 0) is 43.7 Å². The monoisotopic (exact) mass is 218 g/mol. The Morgan fingerprint density at radius 3 is 2.69 bits per heavy atom. The van der Waals surface area contributed by atoms with E-state index in [2.05, 4.69) is 17.2 Å². The summed E-state index contributed by atoms with van der Waals surface area (Å²) < 4.78 is 0. The van der Waals surface area contributed by atoms with Crippen LogP contribution in [-0.2, 0) is 4.79 Å². The third kappa shape index (κ3) is 2.81. The number of hydrogen-bond acceptors (Lipinski definition) is 2. The summed E-state index contributed by atoms with van der Waals surface area (Å²) in [4.78, 5) is 16.0. The normalized spacial score (nSPS) is 25.1. The second kappa shape index (κ2) is 5.10. The van der Waals surface area contributed by atoms with Crippen molar-refractivity contribution in [2.24, 2.45) is 11.8 Å². The van der Waals surface area contributed by atoms with Gasteiger partial charge in [0.15, 0.2) is 0 Å². The standard InChI is InChI=1S/C13H18N2O/c1-10-5-7-11(8-6-10)13(16)15-12-4-2-3-9-14-12/h2-4,9-11H,5-8H2,1H3,(H,14,15,16). The van der Waals surface area contributed by atoms with Crippen LogP contribution in [-0.4, -0.2) is 10.9 Å².